The summed E-state index contributed by atoms with van der Waals surface area (Å²) in [5, 5.41) is 1.07. The van der Waals surface area contributed by atoms with Crippen molar-refractivity contribution in [2.24, 2.45) is 0 Å². The summed E-state index contributed by atoms with van der Waals surface area (Å²) >= 11 is 1.77. The Balaban J connectivity index is 1.52. The Bertz CT molecular complexity index is 833. The van der Waals surface area contributed by atoms with Crippen LogP contribution in [0.5, 0.6) is 5.75 Å². The van der Waals surface area contributed by atoms with Crippen LogP contribution in [0.15, 0.2) is 60.0 Å². The van der Waals surface area contributed by atoms with Crippen molar-refractivity contribution in [3.05, 3.63) is 71.9 Å². The predicted octanol–water partition coefficient (Wildman–Crippen LogP) is 5.15. The first-order valence-electron chi connectivity index (χ1n) is 9.53. The van der Waals surface area contributed by atoms with Gasteiger partial charge in [0.25, 0.3) is 0 Å². The van der Waals surface area contributed by atoms with Crippen LogP contribution in [0.2, 0.25) is 0 Å². The summed E-state index contributed by atoms with van der Waals surface area (Å²) in [4.78, 5) is 8.80. The van der Waals surface area contributed by atoms with Gasteiger partial charge in [0.05, 0.1) is 11.6 Å². The molecule has 0 spiro atoms. The lowest BCUT2D eigenvalue weighted by Gasteiger charge is -2.14. The van der Waals surface area contributed by atoms with Crippen LogP contribution in [-0.4, -0.2) is 26.9 Å². The summed E-state index contributed by atoms with van der Waals surface area (Å²) in [5.41, 5.74) is 2.50. The number of nitrogens with zero attached hydrogens (tertiary/aromatic N) is 3. The van der Waals surface area contributed by atoms with E-state index in [-0.39, 0.29) is 0 Å². The van der Waals surface area contributed by atoms with Crippen LogP contribution in [0.4, 0.5) is 0 Å². The Morgan fingerprint density at radius 1 is 1.07 bits per heavy atom. The number of ether oxygens (including phenoxy) is 1. The minimum Gasteiger partial charge on any atom is -0.493 e. The Kier molecular flexibility index (Phi) is 7.34. The third-order valence-corrected chi connectivity index (χ3v) is 5.48. The van der Waals surface area contributed by atoms with E-state index in [1.54, 1.807) is 11.8 Å². The minimum atomic E-state index is 0.719. The van der Waals surface area contributed by atoms with Crippen LogP contribution < -0.4 is 4.74 Å². The Labute approximate surface area is 166 Å². The lowest BCUT2D eigenvalue weighted by Crippen LogP contribution is -2.07. The second-order valence-electron chi connectivity index (χ2n) is 6.48. The van der Waals surface area contributed by atoms with Crippen molar-refractivity contribution in [2.45, 2.75) is 44.7 Å². The van der Waals surface area contributed by atoms with Crippen molar-refractivity contribution >= 4 is 11.8 Å². The van der Waals surface area contributed by atoms with E-state index < -0.39 is 0 Å². The van der Waals surface area contributed by atoms with Crippen LogP contribution in [0.3, 0.4) is 0 Å². The molecule has 0 atom stereocenters. The number of aryl methyl sites for hydroxylation is 1. The molecule has 3 rings (SSSR count). The maximum absolute atomic E-state index is 6.05. The van der Waals surface area contributed by atoms with Crippen molar-refractivity contribution in [1.29, 1.82) is 0 Å². The molecule has 5 heteroatoms. The van der Waals surface area contributed by atoms with E-state index in [9.17, 15) is 0 Å². The van der Waals surface area contributed by atoms with Gasteiger partial charge in [0.1, 0.15) is 11.6 Å². The molecule has 0 bridgehead atoms. The van der Waals surface area contributed by atoms with E-state index in [0.29, 0.717) is 0 Å². The molecule has 0 saturated carbocycles. The normalized spacial score (nSPS) is 10.9. The van der Waals surface area contributed by atoms with Crippen LogP contribution in [0, 0.1) is 6.92 Å². The summed E-state index contributed by atoms with van der Waals surface area (Å²) in [5.74, 6) is 3.13. The Morgan fingerprint density at radius 3 is 2.81 bits per heavy atom. The van der Waals surface area contributed by atoms with E-state index >= 15 is 0 Å². The monoisotopic (exact) mass is 381 g/mol. The van der Waals surface area contributed by atoms with Crippen LogP contribution in [0.1, 0.15) is 36.7 Å². The van der Waals surface area contributed by atoms with Crippen molar-refractivity contribution in [2.75, 3.05) is 12.4 Å². The zero-order valence-corrected chi connectivity index (χ0v) is 16.9. The number of pyridine rings is 1. The number of aromatic nitrogens is 3. The smallest absolute Gasteiger partial charge is 0.122 e. The van der Waals surface area contributed by atoms with Gasteiger partial charge in [0.2, 0.25) is 0 Å². The second kappa shape index (κ2) is 10.2. The van der Waals surface area contributed by atoms with Gasteiger partial charge in [-0.05, 0) is 49.1 Å². The van der Waals surface area contributed by atoms with Crippen LogP contribution in [0.25, 0.3) is 0 Å². The van der Waals surface area contributed by atoms with Crippen LogP contribution in [-0.2, 0) is 13.0 Å². The molecule has 0 unspecified atom stereocenters. The summed E-state index contributed by atoms with van der Waals surface area (Å²) in [6.07, 6.45) is 8.89. The lowest BCUT2D eigenvalue weighted by molar-refractivity contribution is 0.316. The molecule has 142 valence electrons. The average molecular weight is 382 g/mol. The zero-order chi connectivity index (χ0) is 18.9. The van der Waals surface area contributed by atoms with Crippen LogP contribution >= 0.6 is 11.8 Å². The highest BCUT2D eigenvalue weighted by molar-refractivity contribution is 7.99. The maximum Gasteiger partial charge on any atom is 0.122 e. The fourth-order valence-corrected chi connectivity index (χ4v) is 3.74. The topological polar surface area (TPSA) is 39.9 Å². The first kappa shape index (κ1) is 19.5. The van der Waals surface area contributed by atoms with E-state index in [1.165, 1.54) is 11.1 Å². The number of rotatable bonds is 10. The molecule has 2 heterocycles. The van der Waals surface area contributed by atoms with Gasteiger partial charge in [-0.3, -0.25) is 0 Å². The summed E-state index contributed by atoms with van der Waals surface area (Å²) in [6.45, 7) is 5.89. The highest BCUT2D eigenvalue weighted by Crippen LogP contribution is 2.23. The van der Waals surface area contributed by atoms with Gasteiger partial charge < -0.3 is 9.30 Å². The molecule has 0 aliphatic heterocycles. The predicted molar refractivity (Wildman–Crippen MR) is 112 cm³/mol. The third kappa shape index (κ3) is 5.60. The summed E-state index contributed by atoms with van der Waals surface area (Å²) in [7, 11) is 0. The molecule has 27 heavy (non-hydrogen) atoms. The number of thioether (sulfide) groups is 1. The molecule has 3 aromatic rings. The van der Waals surface area contributed by atoms with E-state index in [2.05, 4.69) is 52.8 Å². The standard InChI is InChI=1S/C22H27N3OS/c1-3-8-21-23-13-14-25(21)17-19-9-6-10-20(18(19)2)26-15-7-16-27-22-11-4-5-12-24-22/h4-6,9-14H,3,7-8,15-17H2,1-2H3. The molecular formula is C22H27N3OS. The molecular weight excluding hydrogens is 354 g/mol. The van der Waals surface area contributed by atoms with Crippen molar-refractivity contribution < 1.29 is 4.74 Å². The Hall–Kier alpha value is -2.27. The van der Waals surface area contributed by atoms with Gasteiger partial charge in [-0.1, -0.05) is 25.1 Å². The molecule has 0 N–H and O–H groups in total. The molecule has 2 aromatic heterocycles. The fourth-order valence-electron chi connectivity index (χ4n) is 2.96. The molecule has 0 aliphatic rings. The summed E-state index contributed by atoms with van der Waals surface area (Å²) in [6, 6.07) is 12.3. The second-order valence-corrected chi connectivity index (χ2v) is 7.60. The number of hydrogen-bond donors (Lipinski definition) is 0. The molecule has 0 fully saturated rings. The highest BCUT2D eigenvalue weighted by atomic mass is 32.2. The lowest BCUT2D eigenvalue weighted by atomic mass is 10.1. The Morgan fingerprint density at radius 2 is 2.00 bits per heavy atom. The number of imidazole rings is 1. The van der Waals surface area contributed by atoms with E-state index in [1.807, 2.05) is 30.6 Å². The van der Waals surface area contributed by atoms with Gasteiger partial charge in [-0.25, -0.2) is 9.97 Å². The molecule has 1 aromatic carbocycles. The molecule has 0 saturated heterocycles. The van der Waals surface area contributed by atoms with Gasteiger partial charge in [-0.15, -0.1) is 11.8 Å². The van der Waals surface area contributed by atoms with E-state index in [4.69, 9.17) is 4.74 Å². The van der Waals surface area contributed by atoms with Gasteiger partial charge in [-0.2, -0.15) is 0 Å². The summed E-state index contributed by atoms with van der Waals surface area (Å²) < 4.78 is 8.29. The molecule has 0 amide bonds. The van der Waals surface area contributed by atoms with Crippen molar-refractivity contribution in [3.8, 4) is 5.75 Å². The van der Waals surface area contributed by atoms with Gasteiger partial charge in [0.15, 0.2) is 0 Å². The SMILES string of the molecule is CCCc1nccn1Cc1cccc(OCCCSc2ccccn2)c1C. The highest BCUT2D eigenvalue weighted by Gasteiger charge is 2.08. The van der Waals surface area contributed by atoms with Gasteiger partial charge in [0, 0.05) is 37.3 Å². The number of hydrogen-bond acceptors (Lipinski definition) is 4. The first-order valence-corrected chi connectivity index (χ1v) is 10.5. The van der Waals surface area contributed by atoms with Crippen molar-refractivity contribution in [3.63, 3.8) is 0 Å². The van der Waals surface area contributed by atoms with E-state index in [0.717, 1.165) is 54.8 Å². The molecule has 0 radical (unpaired) electrons. The largest absolute Gasteiger partial charge is 0.493 e. The molecule has 0 aliphatic carbocycles. The number of benzene rings is 1. The third-order valence-electron chi connectivity index (χ3n) is 4.45. The quantitative estimate of drug-likeness (QED) is 0.360. The fraction of sp³-hybridized carbons (Fsp3) is 0.364. The minimum absolute atomic E-state index is 0.719. The molecule has 4 nitrogen and oxygen atoms in total. The maximum atomic E-state index is 6.05. The van der Waals surface area contributed by atoms with Gasteiger partial charge >= 0.3 is 0 Å². The zero-order valence-electron chi connectivity index (χ0n) is 16.1. The average Bonchev–Trinajstić information content (AvgIpc) is 3.12. The first-order chi connectivity index (χ1) is 13.3. The van der Waals surface area contributed by atoms with Crippen molar-refractivity contribution in [1.82, 2.24) is 14.5 Å².